The van der Waals surface area contributed by atoms with Gasteiger partial charge in [-0.2, -0.15) is 0 Å². The van der Waals surface area contributed by atoms with Gasteiger partial charge in [-0.1, -0.05) is 29.9 Å². The Labute approximate surface area is 92.3 Å². The summed E-state index contributed by atoms with van der Waals surface area (Å²) in [7, 11) is 0. The van der Waals surface area contributed by atoms with Crippen LogP contribution in [0.2, 0.25) is 5.15 Å². The molecule has 1 aromatic heterocycles. The molecular weight excluding hydrogens is 220 g/mol. The molecule has 0 amide bonds. The normalized spacial score (nSPS) is 21.9. The number of rotatable bonds is 2. The number of aromatic nitrogens is 1. The Balaban J connectivity index is 2.16. The number of halogens is 1. The molecule has 1 unspecified atom stereocenters. The lowest BCUT2D eigenvalue weighted by atomic mass is 10.2. The molecule has 3 nitrogen and oxygen atoms in total. The fourth-order valence-electron chi connectivity index (χ4n) is 1.66. The average Bonchev–Trinajstić information content (AvgIpc) is 2.71. The van der Waals surface area contributed by atoms with Gasteiger partial charge < -0.3 is 10.0 Å². The molecule has 14 heavy (non-hydrogen) atoms. The van der Waals surface area contributed by atoms with Crippen LogP contribution < -0.4 is 4.90 Å². The Kier molecular flexibility index (Phi) is 2.95. The zero-order chi connectivity index (χ0) is 10.1. The first-order chi connectivity index (χ1) is 6.70. The molecule has 2 rings (SSSR count). The van der Waals surface area contributed by atoms with Crippen LogP contribution in [0.1, 0.15) is 18.2 Å². The fourth-order valence-corrected chi connectivity index (χ4v) is 2.82. The smallest absolute Gasteiger partial charge is 0.187 e. The minimum Gasteiger partial charge on any atom is -0.391 e. The van der Waals surface area contributed by atoms with Gasteiger partial charge in [0.25, 0.3) is 0 Å². The zero-order valence-electron chi connectivity index (χ0n) is 8.03. The molecule has 1 N–H and O–H groups in total. The number of hydrogen-bond donors (Lipinski definition) is 1. The Morgan fingerprint density at radius 3 is 3.00 bits per heavy atom. The number of hydrogen-bond acceptors (Lipinski definition) is 4. The molecule has 0 radical (unpaired) electrons. The van der Waals surface area contributed by atoms with Gasteiger partial charge in [0.2, 0.25) is 0 Å². The highest BCUT2D eigenvalue weighted by Gasteiger charge is 2.22. The molecule has 0 aliphatic carbocycles. The van der Waals surface area contributed by atoms with Crippen LogP contribution in [-0.4, -0.2) is 23.2 Å². The minimum atomic E-state index is -0.0140. The first kappa shape index (κ1) is 10.2. The molecule has 0 spiro atoms. The van der Waals surface area contributed by atoms with Crippen molar-refractivity contribution < 1.29 is 5.11 Å². The van der Waals surface area contributed by atoms with E-state index < -0.39 is 0 Å². The summed E-state index contributed by atoms with van der Waals surface area (Å²) in [5.74, 6) is 0.732. The predicted octanol–water partition coefficient (Wildman–Crippen LogP) is 2.13. The third-order valence-corrected chi connectivity index (χ3v) is 4.00. The van der Waals surface area contributed by atoms with Crippen molar-refractivity contribution in [2.45, 2.75) is 20.0 Å². The van der Waals surface area contributed by atoms with Gasteiger partial charge in [-0.15, -0.1) is 0 Å². The Morgan fingerprint density at radius 1 is 1.71 bits per heavy atom. The molecule has 1 aliphatic rings. The largest absolute Gasteiger partial charge is 0.391 e. The molecule has 1 aromatic rings. The maximum Gasteiger partial charge on any atom is 0.187 e. The molecule has 1 aliphatic heterocycles. The van der Waals surface area contributed by atoms with Crippen LogP contribution in [0, 0.1) is 5.92 Å². The van der Waals surface area contributed by atoms with E-state index in [9.17, 15) is 0 Å². The molecule has 78 valence electrons. The van der Waals surface area contributed by atoms with Crippen LogP contribution in [0.15, 0.2) is 0 Å². The van der Waals surface area contributed by atoms with Crippen LogP contribution in [0.4, 0.5) is 5.13 Å². The van der Waals surface area contributed by atoms with E-state index >= 15 is 0 Å². The van der Waals surface area contributed by atoms with Gasteiger partial charge in [-0.05, 0) is 12.3 Å². The Bertz CT molecular complexity index is 329. The van der Waals surface area contributed by atoms with E-state index in [4.69, 9.17) is 16.7 Å². The lowest BCUT2D eigenvalue weighted by Crippen LogP contribution is -2.18. The van der Waals surface area contributed by atoms with Crippen molar-refractivity contribution in [2.75, 3.05) is 18.0 Å². The van der Waals surface area contributed by atoms with E-state index in [1.165, 1.54) is 17.8 Å². The topological polar surface area (TPSA) is 36.4 Å². The van der Waals surface area contributed by atoms with Crippen molar-refractivity contribution in [3.63, 3.8) is 0 Å². The Hall–Kier alpha value is -0.320. The monoisotopic (exact) mass is 232 g/mol. The minimum absolute atomic E-state index is 0.0140. The summed E-state index contributed by atoms with van der Waals surface area (Å²) >= 11 is 7.36. The fraction of sp³-hybridized carbons (Fsp3) is 0.667. The first-order valence-electron chi connectivity index (χ1n) is 4.71. The maximum atomic E-state index is 8.99. The second-order valence-corrected chi connectivity index (χ2v) is 5.13. The van der Waals surface area contributed by atoms with E-state index in [0.29, 0.717) is 5.15 Å². The van der Waals surface area contributed by atoms with Gasteiger partial charge in [0, 0.05) is 13.1 Å². The zero-order valence-corrected chi connectivity index (χ0v) is 9.61. The molecule has 2 heterocycles. The molecule has 5 heteroatoms. The van der Waals surface area contributed by atoms with Crippen LogP contribution >= 0.6 is 22.9 Å². The molecule has 1 fully saturated rings. The van der Waals surface area contributed by atoms with Gasteiger partial charge in [0.15, 0.2) is 5.13 Å². The van der Waals surface area contributed by atoms with Gasteiger partial charge >= 0.3 is 0 Å². The standard InChI is InChI=1S/C9H13ClN2OS/c1-6-2-3-12(4-6)9-11-8(10)7(5-13)14-9/h6,13H,2-5H2,1H3. The number of anilines is 1. The summed E-state index contributed by atoms with van der Waals surface area (Å²) in [5.41, 5.74) is 0. The molecule has 1 saturated heterocycles. The third-order valence-electron chi connectivity index (χ3n) is 2.48. The Morgan fingerprint density at radius 2 is 2.50 bits per heavy atom. The van der Waals surface area contributed by atoms with Crippen molar-refractivity contribution in [1.82, 2.24) is 4.98 Å². The third kappa shape index (κ3) is 1.87. The summed E-state index contributed by atoms with van der Waals surface area (Å²) in [4.78, 5) is 7.25. The molecule has 1 atom stereocenters. The van der Waals surface area contributed by atoms with Gasteiger partial charge in [-0.3, -0.25) is 0 Å². The average molecular weight is 233 g/mol. The summed E-state index contributed by atoms with van der Waals surface area (Å²) in [6.45, 7) is 4.33. The first-order valence-corrected chi connectivity index (χ1v) is 5.91. The molecule has 0 bridgehead atoms. The van der Waals surface area contributed by atoms with Crippen molar-refractivity contribution in [3.05, 3.63) is 10.0 Å². The summed E-state index contributed by atoms with van der Waals surface area (Å²) in [6, 6.07) is 0. The highest BCUT2D eigenvalue weighted by molar-refractivity contribution is 7.16. The van der Waals surface area contributed by atoms with Crippen molar-refractivity contribution >= 4 is 28.1 Å². The second-order valence-electron chi connectivity index (χ2n) is 3.71. The second kappa shape index (κ2) is 4.04. The summed E-state index contributed by atoms with van der Waals surface area (Å²) < 4.78 is 0. The van der Waals surface area contributed by atoms with Gasteiger partial charge in [0.05, 0.1) is 11.5 Å². The summed E-state index contributed by atoms with van der Waals surface area (Å²) in [5, 5.41) is 10.4. The van der Waals surface area contributed by atoms with Crippen molar-refractivity contribution in [2.24, 2.45) is 5.92 Å². The van der Waals surface area contributed by atoms with Crippen LogP contribution in [0.3, 0.4) is 0 Å². The van der Waals surface area contributed by atoms with E-state index in [1.807, 2.05) is 0 Å². The highest BCUT2D eigenvalue weighted by Crippen LogP contribution is 2.32. The molecular formula is C9H13ClN2OS. The highest BCUT2D eigenvalue weighted by atomic mass is 35.5. The quantitative estimate of drug-likeness (QED) is 0.849. The lowest BCUT2D eigenvalue weighted by Gasteiger charge is -2.12. The van der Waals surface area contributed by atoms with Crippen LogP contribution in [0.5, 0.6) is 0 Å². The number of nitrogens with zero attached hydrogens (tertiary/aromatic N) is 2. The predicted molar refractivity (Wildman–Crippen MR) is 59.0 cm³/mol. The van der Waals surface area contributed by atoms with Crippen molar-refractivity contribution in [1.29, 1.82) is 0 Å². The number of thiazole rings is 1. The van der Waals surface area contributed by atoms with E-state index in [-0.39, 0.29) is 6.61 Å². The van der Waals surface area contributed by atoms with Crippen LogP contribution in [0.25, 0.3) is 0 Å². The van der Waals surface area contributed by atoms with Gasteiger partial charge in [-0.25, -0.2) is 4.98 Å². The van der Waals surface area contributed by atoms with E-state index in [1.54, 1.807) is 0 Å². The van der Waals surface area contributed by atoms with Crippen LogP contribution in [-0.2, 0) is 6.61 Å². The summed E-state index contributed by atoms with van der Waals surface area (Å²) in [6.07, 6.45) is 1.21. The van der Waals surface area contributed by atoms with Gasteiger partial charge in [0.1, 0.15) is 5.15 Å². The SMILES string of the molecule is CC1CCN(c2nc(Cl)c(CO)s2)C1. The van der Waals surface area contributed by atoms with E-state index in [2.05, 4.69) is 16.8 Å². The number of aliphatic hydroxyl groups is 1. The maximum absolute atomic E-state index is 8.99. The lowest BCUT2D eigenvalue weighted by molar-refractivity contribution is 0.285. The van der Waals surface area contributed by atoms with E-state index in [0.717, 1.165) is 29.0 Å². The van der Waals surface area contributed by atoms with Crippen molar-refractivity contribution in [3.8, 4) is 0 Å². The molecule has 0 saturated carbocycles. The molecule has 0 aromatic carbocycles. The number of aliphatic hydroxyl groups excluding tert-OH is 1.